The third-order valence-electron chi connectivity index (χ3n) is 2.93. The zero-order valence-electron chi connectivity index (χ0n) is 9.24. The van der Waals surface area contributed by atoms with Crippen LogP contribution in [-0.4, -0.2) is 17.7 Å². The third-order valence-corrected chi connectivity index (χ3v) is 2.93. The zero-order valence-corrected chi connectivity index (χ0v) is 9.24. The molecule has 0 radical (unpaired) electrons. The fourth-order valence-corrected chi connectivity index (χ4v) is 1.75. The molecule has 1 fully saturated rings. The van der Waals surface area contributed by atoms with Crippen molar-refractivity contribution in [3.05, 3.63) is 29.8 Å². The van der Waals surface area contributed by atoms with E-state index < -0.39 is 0 Å². The summed E-state index contributed by atoms with van der Waals surface area (Å²) in [5.41, 5.74) is 1.28. The summed E-state index contributed by atoms with van der Waals surface area (Å²) in [6.45, 7) is 3.38. The van der Waals surface area contributed by atoms with Crippen molar-refractivity contribution in [2.45, 2.75) is 32.2 Å². The first-order valence-corrected chi connectivity index (χ1v) is 5.75. The van der Waals surface area contributed by atoms with Crippen molar-refractivity contribution < 1.29 is 5.11 Å². The number of rotatable bonds is 5. The lowest BCUT2D eigenvalue weighted by molar-refractivity contribution is 0.474. The van der Waals surface area contributed by atoms with Crippen LogP contribution in [0.15, 0.2) is 24.3 Å². The Morgan fingerprint density at radius 2 is 2.00 bits per heavy atom. The molecule has 1 atom stereocenters. The van der Waals surface area contributed by atoms with Gasteiger partial charge in [0, 0.05) is 6.04 Å². The van der Waals surface area contributed by atoms with E-state index in [2.05, 4.69) is 12.2 Å². The van der Waals surface area contributed by atoms with Gasteiger partial charge in [-0.3, -0.25) is 0 Å². The summed E-state index contributed by atoms with van der Waals surface area (Å²) in [5, 5.41) is 12.7. The van der Waals surface area contributed by atoms with Crippen molar-refractivity contribution in [2.75, 3.05) is 6.54 Å². The van der Waals surface area contributed by atoms with Crippen LogP contribution in [0.5, 0.6) is 5.75 Å². The Morgan fingerprint density at radius 1 is 1.33 bits per heavy atom. The molecule has 0 aliphatic heterocycles. The molecule has 2 heteroatoms. The molecule has 2 rings (SSSR count). The molecule has 1 aliphatic rings. The van der Waals surface area contributed by atoms with Crippen LogP contribution in [0.25, 0.3) is 0 Å². The Morgan fingerprint density at radius 3 is 2.60 bits per heavy atom. The molecule has 0 amide bonds. The third kappa shape index (κ3) is 3.56. The second-order valence-electron chi connectivity index (χ2n) is 4.62. The van der Waals surface area contributed by atoms with Gasteiger partial charge in [0.05, 0.1) is 0 Å². The lowest BCUT2D eigenvalue weighted by Crippen LogP contribution is -2.29. The maximum Gasteiger partial charge on any atom is 0.115 e. The number of aromatic hydroxyl groups is 1. The van der Waals surface area contributed by atoms with Crippen LogP contribution in [0, 0.1) is 5.92 Å². The van der Waals surface area contributed by atoms with Crippen LogP contribution < -0.4 is 5.32 Å². The van der Waals surface area contributed by atoms with Crippen LogP contribution in [0.3, 0.4) is 0 Å². The minimum atomic E-state index is 0.345. The number of phenols is 1. The highest BCUT2D eigenvalue weighted by Gasteiger charge is 2.21. The molecule has 1 unspecified atom stereocenters. The highest BCUT2D eigenvalue weighted by atomic mass is 16.3. The van der Waals surface area contributed by atoms with Crippen molar-refractivity contribution in [3.8, 4) is 5.75 Å². The molecule has 0 saturated heterocycles. The quantitative estimate of drug-likeness (QED) is 0.773. The number of hydrogen-bond donors (Lipinski definition) is 2. The molecule has 2 nitrogen and oxygen atoms in total. The Hall–Kier alpha value is -1.02. The van der Waals surface area contributed by atoms with Gasteiger partial charge >= 0.3 is 0 Å². The Labute approximate surface area is 91.3 Å². The van der Waals surface area contributed by atoms with E-state index in [9.17, 15) is 0 Å². The lowest BCUT2D eigenvalue weighted by atomic mass is 10.1. The first kappa shape index (κ1) is 10.5. The van der Waals surface area contributed by atoms with Gasteiger partial charge in [0.15, 0.2) is 0 Å². The molecule has 1 aromatic carbocycles. The van der Waals surface area contributed by atoms with Gasteiger partial charge in [0.1, 0.15) is 5.75 Å². The van der Waals surface area contributed by atoms with Crippen molar-refractivity contribution in [3.63, 3.8) is 0 Å². The molecule has 15 heavy (non-hydrogen) atoms. The average Bonchev–Trinajstić information content (AvgIpc) is 3.02. The van der Waals surface area contributed by atoms with E-state index in [0.29, 0.717) is 11.8 Å². The van der Waals surface area contributed by atoms with Gasteiger partial charge in [0.25, 0.3) is 0 Å². The molecule has 0 spiro atoms. The van der Waals surface area contributed by atoms with Crippen LogP contribution in [0.4, 0.5) is 0 Å². The van der Waals surface area contributed by atoms with Crippen molar-refractivity contribution in [1.29, 1.82) is 0 Å². The minimum Gasteiger partial charge on any atom is -0.508 e. The summed E-state index contributed by atoms with van der Waals surface area (Å²) < 4.78 is 0. The molecule has 1 aromatic rings. The summed E-state index contributed by atoms with van der Waals surface area (Å²) in [4.78, 5) is 0. The number of nitrogens with one attached hydrogen (secondary N) is 1. The summed E-state index contributed by atoms with van der Waals surface area (Å²) in [6, 6.07) is 8.01. The van der Waals surface area contributed by atoms with E-state index in [4.69, 9.17) is 5.11 Å². The van der Waals surface area contributed by atoms with E-state index in [-0.39, 0.29) is 0 Å². The van der Waals surface area contributed by atoms with Gasteiger partial charge in [0.2, 0.25) is 0 Å². The summed E-state index contributed by atoms with van der Waals surface area (Å²) >= 11 is 0. The van der Waals surface area contributed by atoms with Gasteiger partial charge in [-0.05, 0) is 56.3 Å². The summed E-state index contributed by atoms with van der Waals surface area (Å²) in [7, 11) is 0. The summed E-state index contributed by atoms with van der Waals surface area (Å²) in [6.07, 6.45) is 3.84. The van der Waals surface area contributed by atoms with Gasteiger partial charge < -0.3 is 10.4 Å². The molecule has 0 bridgehead atoms. The van der Waals surface area contributed by atoms with E-state index in [1.54, 1.807) is 12.1 Å². The molecule has 1 saturated carbocycles. The van der Waals surface area contributed by atoms with Crippen LogP contribution >= 0.6 is 0 Å². The molecular weight excluding hydrogens is 186 g/mol. The fraction of sp³-hybridized carbons (Fsp3) is 0.538. The Balaban J connectivity index is 1.76. The SMILES string of the molecule is CC(Cc1ccc(O)cc1)NCC1CC1. The maximum atomic E-state index is 9.16. The molecule has 2 N–H and O–H groups in total. The smallest absolute Gasteiger partial charge is 0.115 e. The van der Waals surface area contributed by atoms with E-state index in [1.807, 2.05) is 12.1 Å². The van der Waals surface area contributed by atoms with Gasteiger partial charge in [-0.15, -0.1) is 0 Å². The average molecular weight is 205 g/mol. The van der Waals surface area contributed by atoms with Gasteiger partial charge in [-0.1, -0.05) is 12.1 Å². The number of benzene rings is 1. The monoisotopic (exact) mass is 205 g/mol. The second kappa shape index (κ2) is 4.67. The van der Waals surface area contributed by atoms with E-state index in [1.165, 1.54) is 24.9 Å². The van der Waals surface area contributed by atoms with E-state index in [0.717, 1.165) is 12.3 Å². The molecule has 82 valence electrons. The van der Waals surface area contributed by atoms with Crippen molar-refractivity contribution >= 4 is 0 Å². The highest BCUT2D eigenvalue weighted by molar-refractivity contribution is 5.26. The number of hydrogen-bond acceptors (Lipinski definition) is 2. The largest absolute Gasteiger partial charge is 0.508 e. The first-order valence-electron chi connectivity index (χ1n) is 5.75. The molecular formula is C13H19NO. The Kier molecular flexibility index (Phi) is 3.27. The highest BCUT2D eigenvalue weighted by Crippen LogP contribution is 2.27. The predicted molar refractivity (Wildman–Crippen MR) is 62.0 cm³/mol. The molecule has 0 aromatic heterocycles. The first-order chi connectivity index (χ1) is 7.24. The van der Waals surface area contributed by atoms with Crippen LogP contribution in [-0.2, 0) is 6.42 Å². The number of phenolic OH excluding ortho intramolecular Hbond substituents is 1. The molecule has 1 aliphatic carbocycles. The van der Waals surface area contributed by atoms with Crippen molar-refractivity contribution in [1.82, 2.24) is 5.32 Å². The van der Waals surface area contributed by atoms with Gasteiger partial charge in [-0.2, -0.15) is 0 Å². The van der Waals surface area contributed by atoms with E-state index >= 15 is 0 Å². The zero-order chi connectivity index (χ0) is 10.7. The second-order valence-corrected chi connectivity index (χ2v) is 4.62. The van der Waals surface area contributed by atoms with Crippen molar-refractivity contribution in [2.24, 2.45) is 5.92 Å². The van der Waals surface area contributed by atoms with Crippen LogP contribution in [0.2, 0.25) is 0 Å². The maximum absolute atomic E-state index is 9.16. The van der Waals surface area contributed by atoms with Gasteiger partial charge in [-0.25, -0.2) is 0 Å². The molecule has 0 heterocycles. The lowest BCUT2D eigenvalue weighted by Gasteiger charge is -2.13. The van der Waals surface area contributed by atoms with Crippen LogP contribution in [0.1, 0.15) is 25.3 Å². The Bertz CT molecular complexity index is 303. The normalized spacial score (nSPS) is 17.7. The predicted octanol–water partition coefficient (Wildman–Crippen LogP) is 2.32. The topological polar surface area (TPSA) is 32.3 Å². The minimum absolute atomic E-state index is 0.345. The fourth-order valence-electron chi connectivity index (χ4n) is 1.75. The standard InChI is InChI=1S/C13H19NO/c1-10(14-9-12-2-3-12)8-11-4-6-13(15)7-5-11/h4-7,10,12,14-15H,2-3,8-9H2,1H3. The summed E-state index contributed by atoms with van der Waals surface area (Å²) in [5.74, 6) is 1.28.